The van der Waals surface area contributed by atoms with Crippen molar-refractivity contribution in [2.45, 2.75) is 13.2 Å². The lowest BCUT2D eigenvalue weighted by atomic mass is 10.1. The van der Waals surface area contributed by atoms with Crippen molar-refractivity contribution in [3.05, 3.63) is 58.1 Å². The fourth-order valence-electron chi connectivity index (χ4n) is 1.99. The van der Waals surface area contributed by atoms with E-state index in [0.717, 1.165) is 22.5 Å². The molecule has 106 valence electrons. The highest BCUT2D eigenvalue weighted by molar-refractivity contribution is 9.10. The lowest BCUT2D eigenvalue weighted by molar-refractivity contribution is 0.184. The largest absolute Gasteiger partial charge is 0.495 e. The smallest absolute Gasteiger partial charge is 0.135 e. The number of hydrogen-bond donors (Lipinski definition) is 1. The van der Waals surface area contributed by atoms with E-state index >= 15 is 0 Å². The van der Waals surface area contributed by atoms with Crippen LogP contribution in [-0.4, -0.2) is 14.2 Å². The summed E-state index contributed by atoms with van der Waals surface area (Å²) < 4.78 is 11.5. The summed E-state index contributed by atoms with van der Waals surface area (Å²) in [4.78, 5) is 0. The van der Waals surface area contributed by atoms with Gasteiger partial charge in [-0.1, -0.05) is 24.3 Å². The predicted octanol–water partition coefficient (Wildman–Crippen LogP) is 4.22. The maximum atomic E-state index is 5.29. The summed E-state index contributed by atoms with van der Waals surface area (Å²) in [5.74, 6) is 0.820. The van der Waals surface area contributed by atoms with E-state index in [1.54, 1.807) is 14.2 Å². The molecule has 3 nitrogen and oxygen atoms in total. The van der Waals surface area contributed by atoms with Crippen LogP contribution in [0.3, 0.4) is 0 Å². The standard InChI is InChI=1S/C16H18BrNO2/c1-19-11-13-6-4-3-5-12(13)10-18-14-7-8-15(17)16(9-14)20-2/h3-9,18H,10-11H2,1-2H3. The first-order valence-electron chi connectivity index (χ1n) is 6.37. The highest BCUT2D eigenvalue weighted by Crippen LogP contribution is 2.28. The quantitative estimate of drug-likeness (QED) is 0.857. The molecular formula is C16H18BrNO2. The average molecular weight is 336 g/mol. The predicted molar refractivity (Wildman–Crippen MR) is 85.2 cm³/mol. The van der Waals surface area contributed by atoms with E-state index in [1.807, 2.05) is 30.3 Å². The van der Waals surface area contributed by atoms with Crippen LogP contribution in [0, 0.1) is 0 Å². The molecule has 0 heterocycles. The Morgan fingerprint density at radius 1 is 1.05 bits per heavy atom. The summed E-state index contributed by atoms with van der Waals surface area (Å²) in [6.45, 7) is 1.38. The molecule has 2 aromatic carbocycles. The third-order valence-corrected chi connectivity index (χ3v) is 3.71. The summed E-state index contributed by atoms with van der Waals surface area (Å²) in [6, 6.07) is 14.2. The molecule has 1 N–H and O–H groups in total. The zero-order valence-corrected chi connectivity index (χ0v) is 13.2. The average Bonchev–Trinajstić information content (AvgIpc) is 2.48. The second-order valence-corrected chi connectivity index (χ2v) is 5.26. The third kappa shape index (κ3) is 3.74. The van der Waals surface area contributed by atoms with Crippen molar-refractivity contribution in [2.24, 2.45) is 0 Å². The van der Waals surface area contributed by atoms with Gasteiger partial charge in [0.1, 0.15) is 5.75 Å². The Morgan fingerprint density at radius 3 is 2.50 bits per heavy atom. The van der Waals surface area contributed by atoms with Gasteiger partial charge in [0.2, 0.25) is 0 Å². The zero-order valence-electron chi connectivity index (χ0n) is 11.7. The van der Waals surface area contributed by atoms with Gasteiger partial charge in [0.05, 0.1) is 18.2 Å². The summed E-state index contributed by atoms with van der Waals surface area (Å²) >= 11 is 3.45. The molecule has 0 aliphatic carbocycles. The van der Waals surface area contributed by atoms with Crippen LogP contribution in [0.1, 0.15) is 11.1 Å². The minimum Gasteiger partial charge on any atom is -0.495 e. The fourth-order valence-corrected chi connectivity index (χ4v) is 2.40. The first kappa shape index (κ1) is 14.9. The lowest BCUT2D eigenvalue weighted by Crippen LogP contribution is -2.03. The van der Waals surface area contributed by atoms with Crippen LogP contribution >= 0.6 is 15.9 Å². The molecule has 0 atom stereocenters. The highest BCUT2D eigenvalue weighted by atomic mass is 79.9. The monoisotopic (exact) mass is 335 g/mol. The van der Waals surface area contributed by atoms with Crippen molar-refractivity contribution < 1.29 is 9.47 Å². The van der Waals surface area contributed by atoms with E-state index < -0.39 is 0 Å². The van der Waals surface area contributed by atoms with Crippen molar-refractivity contribution in [1.82, 2.24) is 0 Å². The lowest BCUT2D eigenvalue weighted by Gasteiger charge is -2.12. The number of methoxy groups -OCH3 is 2. The molecule has 2 aromatic rings. The van der Waals surface area contributed by atoms with Gasteiger partial charge in [-0.3, -0.25) is 0 Å². The van der Waals surface area contributed by atoms with Crippen LogP contribution in [0.4, 0.5) is 5.69 Å². The van der Waals surface area contributed by atoms with E-state index in [9.17, 15) is 0 Å². The van der Waals surface area contributed by atoms with Crippen LogP contribution < -0.4 is 10.1 Å². The molecule has 0 aromatic heterocycles. The van der Waals surface area contributed by atoms with Crippen molar-refractivity contribution >= 4 is 21.6 Å². The van der Waals surface area contributed by atoms with Gasteiger partial charge >= 0.3 is 0 Å². The highest BCUT2D eigenvalue weighted by Gasteiger charge is 2.04. The number of nitrogens with one attached hydrogen (secondary N) is 1. The molecule has 0 saturated carbocycles. The fraction of sp³-hybridized carbons (Fsp3) is 0.250. The summed E-state index contributed by atoms with van der Waals surface area (Å²) in [7, 11) is 3.38. The Kier molecular flexibility index (Phi) is 5.44. The third-order valence-electron chi connectivity index (χ3n) is 3.05. The number of hydrogen-bond acceptors (Lipinski definition) is 3. The Balaban J connectivity index is 2.09. The molecule has 0 bridgehead atoms. The van der Waals surface area contributed by atoms with Gasteiger partial charge < -0.3 is 14.8 Å². The van der Waals surface area contributed by atoms with Crippen LogP contribution in [0.2, 0.25) is 0 Å². The number of benzene rings is 2. The van der Waals surface area contributed by atoms with Crippen LogP contribution in [0.15, 0.2) is 46.9 Å². The van der Waals surface area contributed by atoms with Crippen molar-refractivity contribution in [2.75, 3.05) is 19.5 Å². The molecule has 0 fully saturated rings. The number of ether oxygens (including phenoxy) is 2. The van der Waals surface area contributed by atoms with Crippen molar-refractivity contribution in [1.29, 1.82) is 0 Å². The molecule has 0 unspecified atom stereocenters. The maximum Gasteiger partial charge on any atom is 0.135 e. The molecule has 0 amide bonds. The van der Waals surface area contributed by atoms with Crippen LogP contribution in [-0.2, 0) is 17.9 Å². The minimum absolute atomic E-state index is 0.627. The van der Waals surface area contributed by atoms with E-state index in [2.05, 4.69) is 33.4 Å². The Labute approximate surface area is 128 Å². The molecule has 2 rings (SSSR count). The maximum absolute atomic E-state index is 5.29. The number of anilines is 1. The molecule has 0 saturated heterocycles. The molecule has 4 heteroatoms. The Morgan fingerprint density at radius 2 is 1.80 bits per heavy atom. The van der Waals surface area contributed by atoms with E-state index in [0.29, 0.717) is 6.61 Å². The molecule has 0 radical (unpaired) electrons. The van der Waals surface area contributed by atoms with Gasteiger partial charge in [-0.15, -0.1) is 0 Å². The topological polar surface area (TPSA) is 30.5 Å². The van der Waals surface area contributed by atoms with Crippen molar-refractivity contribution in [3.8, 4) is 5.75 Å². The summed E-state index contributed by atoms with van der Waals surface area (Å²) in [5.41, 5.74) is 3.46. The molecule has 20 heavy (non-hydrogen) atoms. The van der Waals surface area contributed by atoms with Gasteiger partial charge in [0, 0.05) is 25.4 Å². The molecule has 0 spiro atoms. The van der Waals surface area contributed by atoms with Crippen molar-refractivity contribution in [3.63, 3.8) is 0 Å². The molecule has 0 aliphatic heterocycles. The number of rotatable bonds is 6. The first-order valence-corrected chi connectivity index (χ1v) is 7.17. The van der Waals surface area contributed by atoms with Crippen LogP contribution in [0.25, 0.3) is 0 Å². The van der Waals surface area contributed by atoms with Gasteiger partial charge in [0.15, 0.2) is 0 Å². The SMILES string of the molecule is COCc1ccccc1CNc1ccc(Br)c(OC)c1. The van der Waals surface area contributed by atoms with E-state index in [-0.39, 0.29) is 0 Å². The van der Waals surface area contributed by atoms with Gasteiger partial charge in [0.25, 0.3) is 0 Å². The minimum atomic E-state index is 0.627. The first-order chi connectivity index (χ1) is 9.74. The second-order valence-electron chi connectivity index (χ2n) is 4.40. The van der Waals surface area contributed by atoms with Gasteiger partial charge in [-0.05, 0) is 39.2 Å². The summed E-state index contributed by atoms with van der Waals surface area (Å²) in [6.07, 6.45) is 0. The zero-order chi connectivity index (χ0) is 14.4. The Bertz CT molecular complexity index is 572. The molecule has 0 aliphatic rings. The normalized spacial score (nSPS) is 10.3. The molecular weight excluding hydrogens is 318 g/mol. The van der Waals surface area contributed by atoms with Crippen LogP contribution in [0.5, 0.6) is 5.75 Å². The van der Waals surface area contributed by atoms with Gasteiger partial charge in [-0.25, -0.2) is 0 Å². The van der Waals surface area contributed by atoms with Gasteiger partial charge in [-0.2, -0.15) is 0 Å². The van der Waals surface area contributed by atoms with E-state index in [1.165, 1.54) is 11.1 Å². The van der Waals surface area contributed by atoms with E-state index in [4.69, 9.17) is 9.47 Å². The second kappa shape index (κ2) is 7.31. The number of halogens is 1. The Hall–Kier alpha value is -1.52. The summed E-state index contributed by atoms with van der Waals surface area (Å²) in [5, 5.41) is 3.41.